The van der Waals surface area contributed by atoms with E-state index in [2.05, 4.69) is 43.5 Å². The van der Waals surface area contributed by atoms with Crippen molar-refractivity contribution in [3.05, 3.63) is 10.7 Å². The molecule has 0 aliphatic heterocycles. The van der Waals surface area contributed by atoms with Crippen molar-refractivity contribution in [2.45, 2.75) is 45.1 Å². The van der Waals surface area contributed by atoms with Gasteiger partial charge in [-0.05, 0) is 41.6 Å². The van der Waals surface area contributed by atoms with Gasteiger partial charge in [0.2, 0.25) is 5.95 Å². The van der Waals surface area contributed by atoms with Crippen LogP contribution < -0.4 is 10.6 Å². The zero-order chi connectivity index (χ0) is 13.0. The summed E-state index contributed by atoms with van der Waals surface area (Å²) in [6.45, 7) is 2.25. The molecule has 1 heterocycles. The molecule has 1 aromatic heterocycles. The molecule has 4 nitrogen and oxygen atoms in total. The van der Waals surface area contributed by atoms with Gasteiger partial charge < -0.3 is 10.6 Å². The number of hydrogen-bond acceptors (Lipinski definition) is 4. The fourth-order valence-electron chi connectivity index (χ4n) is 2.56. The van der Waals surface area contributed by atoms with Crippen LogP contribution in [0, 0.1) is 5.92 Å². The smallest absolute Gasteiger partial charge is 0.224 e. The Labute approximate surface area is 117 Å². The van der Waals surface area contributed by atoms with Crippen LogP contribution >= 0.6 is 15.9 Å². The van der Waals surface area contributed by atoms with Gasteiger partial charge >= 0.3 is 0 Å². The highest BCUT2D eigenvalue weighted by Crippen LogP contribution is 2.29. The Morgan fingerprint density at radius 3 is 2.72 bits per heavy atom. The number of hydrogen-bond donors (Lipinski definition) is 2. The average molecular weight is 313 g/mol. The molecule has 2 N–H and O–H groups in total. The van der Waals surface area contributed by atoms with Crippen LogP contribution in [0.15, 0.2) is 10.7 Å². The summed E-state index contributed by atoms with van der Waals surface area (Å²) in [4.78, 5) is 8.61. The third kappa shape index (κ3) is 3.34. The first-order chi connectivity index (χ1) is 8.70. The van der Waals surface area contributed by atoms with Crippen molar-refractivity contribution >= 4 is 27.7 Å². The Morgan fingerprint density at radius 1 is 1.33 bits per heavy atom. The number of nitrogens with one attached hydrogen (secondary N) is 2. The van der Waals surface area contributed by atoms with Crippen molar-refractivity contribution in [1.29, 1.82) is 0 Å². The molecule has 0 aromatic carbocycles. The summed E-state index contributed by atoms with van der Waals surface area (Å²) in [6.07, 6.45) is 8.57. The Morgan fingerprint density at radius 2 is 2.06 bits per heavy atom. The number of anilines is 2. The van der Waals surface area contributed by atoms with E-state index < -0.39 is 0 Å². The lowest BCUT2D eigenvalue weighted by Crippen LogP contribution is -2.28. The molecule has 1 fully saturated rings. The average Bonchev–Trinajstić information content (AvgIpc) is 2.42. The van der Waals surface area contributed by atoms with E-state index in [9.17, 15) is 0 Å². The monoisotopic (exact) mass is 312 g/mol. The molecule has 0 radical (unpaired) electrons. The fourth-order valence-corrected chi connectivity index (χ4v) is 2.86. The molecule has 2 rings (SSSR count). The minimum Gasteiger partial charge on any atom is -0.366 e. The molecule has 1 aliphatic rings. The van der Waals surface area contributed by atoms with Crippen LogP contribution in [-0.4, -0.2) is 23.1 Å². The van der Waals surface area contributed by atoms with Gasteiger partial charge in [0.05, 0.1) is 4.47 Å². The van der Waals surface area contributed by atoms with Crippen molar-refractivity contribution in [3.8, 4) is 0 Å². The maximum absolute atomic E-state index is 4.45. The lowest BCUT2D eigenvalue weighted by Gasteiger charge is -2.28. The summed E-state index contributed by atoms with van der Waals surface area (Å²) in [5.41, 5.74) is 0. The van der Waals surface area contributed by atoms with Gasteiger partial charge in [-0.25, -0.2) is 4.98 Å². The molecule has 100 valence electrons. The van der Waals surface area contributed by atoms with E-state index in [0.29, 0.717) is 12.0 Å². The standard InChI is InChI=1S/C13H21BrN4/c1-9(10-6-4-3-5-7-10)17-12-11(14)8-16-13(15-2)18-12/h8-10H,3-7H2,1-2H3,(H2,15,16,17,18). The molecule has 0 spiro atoms. The zero-order valence-corrected chi connectivity index (χ0v) is 12.6. The zero-order valence-electron chi connectivity index (χ0n) is 11.0. The van der Waals surface area contributed by atoms with E-state index in [0.717, 1.165) is 16.2 Å². The lowest BCUT2D eigenvalue weighted by atomic mass is 9.84. The molecule has 1 saturated carbocycles. The fraction of sp³-hybridized carbons (Fsp3) is 0.692. The van der Waals surface area contributed by atoms with Gasteiger partial charge in [-0.15, -0.1) is 0 Å². The molecular weight excluding hydrogens is 292 g/mol. The molecule has 1 unspecified atom stereocenters. The first kappa shape index (κ1) is 13.6. The van der Waals surface area contributed by atoms with Gasteiger partial charge in [0.25, 0.3) is 0 Å². The van der Waals surface area contributed by atoms with E-state index >= 15 is 0 Å². The van der Waals surface area contributed by atoms with Gasteiger partial charge in [0, 0.05) is 19.3 Å². The third-order valence-corrected chi connectivity index (χ3v) is 4.27. The van der Waals surface area contributed by atoms with Crippen molar-refractivity contribution in [1.82, 2.24) is 9.97 Å². The number of aromatic nitrogens is 2. The van der Waals surface area contributed by atoms with Crippen molar-refractivity contribution in [3.63, 3.8) is 0 Å². The first-order valence-corrected chi connectivity index (χ1v) is 7.47. The van der Waals surface area contributed by atoms with Gasteiger partial charge in [-0.1, -0.05) is 19.3 Å². The van der Waals surface area contributed by atoms with Crippen LogP contribution in [0.4, 0.5) is 11.8 Å². The van der Waals surface area contributed by atoms with Gasteiger partial charge in [0.1, 0.15) is 5.82 Å². The van der Waals surface area contributed by atoms with E-state index in [1.165, 1.54) is 32.1 Å². The SMILES string of the molecule is CNc1ncc(Br)c(NC(C)C2CCCCC2)n1. The van der Waals surface area contributed by atoms with Gasteiger partial charge in [0.15, 0.2) is 0 Å². The summed E-state index contributed by atoms with van der Waals surface area (Å²) in [5.74, 6) is 2.29. The summed E-state index contributed by atoms with van der Waals surface area (Å²) >= 11 is 3.50. The maximum Gasteiger partial charge on any atom is 0.224 e. The number of halogens is 1. The lowest BCUT2D eigenvalue weighted by molar-refractivity contribution is 0.328. The normalized spacial score (nSPS) is 18.4. The van der Waals surface area contributed by atoms with Crippen LogP contribution in [0.5, 0.6) is 0 Å². The molecule has 0 saturated heterocycles. The Bertz CT molecular complexity index is 391. The Hall–Kier alpha value is -0.840. The number of rotatable bonds is 4. The van der Waals surface area contributed by atoms with E-state index in [-0.39, 0.29) is 0 Å². The molecule has 1 aromatic rings. The van der Waals surface area contributed by atoms with Crippen LogP contribution in [0.3, 0.4) is 0 Å². The minimum absolute atomic E-state index is 0.459. The molecule has 18 heavy (non-hydrogen) atoms. The first-order valence-electron chi connectivity index (χ1n) is 6.67. The van der Waals surface area contributed by atoms with Crippen molar-refractivity contribution in [2.24, 2.45) is 5.92 Å². The highest BCUT2D eigenvalue weighted by atomic mass is 79.9. The summed E-state index contributed by atoms with van der Waals surface area (Å²) in [6, 6.07) is 0.459. The predicted molar refractivity (Wildman–Crippen MR) is 78.9 cm³/mol. The van der Waals surface area contributed by atoms with Crippen LogP contribution in [0.2, 0.25) is 0 Å². The van der Waals surface area contributed by atoms with Gasteiger partial charge in [-0.3, -0.25) is 0 Å². The molecule has 0 amide bonds. The van der Waals surface area contributed by atoms with Crippen LogP contribution in [-0.2, 0) is 0 Å². The van der Waals surface area contributed by atoms with E-state index in [1.54, 1.807) is 6.20 Å². The topological polar surface area (TPSA) is 49.8 Å². The molecular formula is C13H21BrN4. The Balaban J connectivity index is 2.03. The molecule has 0 bridgehead atoms. The maximum atomic E-state index is 4.45. The second kappa shape index (κ2) is 6.36. The summed E-state index contributed by atoms with van der Waals surface area (Å²) in [5, 5.41) is 6.48. The van der Waals surface area contributed by atoms with E-state index in [1.807, 2.05) is 7.05 Å². The second-order valence-electron chi connectivity index (χ2n) is 4.97. The van der Waals surface area contributed by atoms with Crippen molar-refractivity contribution < 1.29 is 0 Å². The summed E-state index contributed by atoms with van der Waals surface area (Å²) in [7, 11) is 1.83. The molecule has 5 heteroatoms. The van der Waals surface area contributed by atoms with Gasteiger partial charge in [-0.2, -0.15) is 4.98 Å². The number of nitrogens with zero attached hydrogens (tertiary/aromatic N) is 2. The van der Waals surface area contributed by atoms with Crippen molar-refractivity contribution in [2.75, 3.05) is 17.7 Å². The highest BCUT2D eigenvalue weighted by molar-refractivity contribution is 9.10. The quantitative estimate of drug-likeness (QED) is 0.890. The molecule has 1 aliphatic carbocycles. The molecule has 1 atom stereocenters. The second-order valence-corrected chi connectivity index (χ2v) is 5.83. The highest BCUT2D eigenvalue weighted by Gasteiger charge is 2.20. The summed E-state index contributed by atoms with van der Waals surface area (Å²) < 4.78 is 0.921. The minimum atomic E-state index is 0.459. The van der Waals surface area contributed by atoms with Crippen LogP contribution in [0.25, 0.3) is 0 Å². The third-order valence-electron chi connectivity index (χ3n) is 3.69. The Kier molecular flexibility index (Phi) is 4.80. The predicted octanol–water partition coefficient (Wildman–Crippen LogP) is 3.66. The van der Waals surface area contributed by atoms with E-state index in [4.69, 9.17) is 0 Å². The largest absolute Gasteiger partial charge is 0.366 e. The van der Waals surface area contributed by atoms with Crippen LogP contribution in [0.1, 0.15) is 39.0 Å².